The standard InChI is InChI=1S/C38H24.C26H14Br2.C26H16.C13H8O.C6H7BO2.C4H8O.CH4.BHNS.B/c1-3-11-25(12-4-1)27-19-21-31-29-15-7-10-18-34(29)38-36-24-28(26-13-5-2-6-14-26)20-22-32(36)30-16-8-9-17-33(30)37(38)35(31)23-27;27-15-9-11-19-17-5-1-3-7-21(17)25-24-14-16(28)10-12-20(24)18-6-2-4-8-22(18)26(25)23(19)13-15;1-5-13-21-17(9-1)18-10-2-6-14-22(18)26-24-16-8-4-12-20(24)19-11-3-7-15-23(19)25(21)26;14-13-11-7-3-1-5-9(11)10-6-2-4-8-12(10)13;8-7(9)6-4-2-1-3-5-6;1-2-4-5-3-1;;1-2-3;/h1-24H;1-14H;1-16H;1-8H;1-5,8-9H;1-4H2;1H4;3H;. The molecule has 23 aromatic rings. The summed E-state index contributed by atoms with van der Waals surface area (Å²) >= 11 is 10.6. The van der Waals surface area contributed by atoms with Crippen molar-refractivity contribution in [3.63, 3.8) is 0 Å². The third kappa shape index (κ3) is 16.1. The maximum atomic E-state index is 11.9. The minimum Gasteiger partial charge on any atom is -0.0622 e. The number of benzene rings is 23. The predicted molar refractivity (Wildman–Crippen MR) is 549 cm³/mol. The van der Waals surface area contributed by atoms with E-state index in [0.29, 0.717) is 5.46 Å². The number of carbonyl (C=O) groups is 1. The van der Waals surface area contributed by atoms with Crippen LogP contribution in [0.3, 0.4) is 0 Å². The Morgan fingerprint density at radius 3 is 0.720 bits per heavy atom. The van der Waals surface area contributed by atoms with Gasteiger partial charge in [0.15, 0.2) is 5.78 Å². The molecule has 0 spiro atoms. The van der Waals surface area contributed by atoms with Crippen molar-refractivity contribution in [1.29, 1.82) is 0 Å². The Bertz CT molecular complexity index is 7500. The number of rotatable bonds is 3. The van der Waals surface area contributed by atoms with E-state index in [9.17, 15) is 4.79 Å². The number of ketones is 1. The zero-order valence-corrected chi connectivity index (χ0v) is 71.7. The Hall–Kier alpha value is -13.2. The molecule has 2 N–H and O–H groups in total. The maximum absolute atomic E-state index is 11.9. The smallest absolute Gasteiger partial charge is 0.00137 e. The van der Waals surface area contributed by atoms with E-state index in [1.165, 1.54) is 197 Å². The summed E-state index contributed by atoms with van der Waals surface area (Å²) in [7, 11) is 2.99. The van der Waals surface area contributed by atoms with Crippen molar-refractivity contribution in [2.24, 2.45) is 4.30 Å². The van der Waals surface area contributed by atoms with Gasteiger partial charge < -0.3 is 14.8 Å². The van der Waals surface area contributed by atoms with E-state index < -0.39 is 7.12 Å². The molecule has 1 aliphatic carbocycles. The van der Waals surface area contributed by atoms with Crippen molar-refractivity contribution in [1.82, 2.24) is 0 Å². The molecular weight excluding hydrogens is 1670 g/mol. The molecule has 11 heteroatoms. The van der Waals surface area contributed by atoms with Gasteiger partial charge in [-0.15, -0.1) is 0 Å². The van der Waals surface area contributed by atoms with E-state index >= 15 is 0 Å². The van der Waals surface area contributed by atoms with E-state index in [4.69, 9.17) is 14.8 Å². The molecule has 596 valence electrons. The molecule has 5 nitrogen and oxygen atoms in total. The monoisotopic (exact) mass is 1750 g/mol. The van der Waals surface area contributed by atoms with Crippen LogP contribution >= 0.6 is 44.7 Å². The first kappa shape index (κ1) is 84.0. The molecule has 0 aromatic heterocycles. The molecule has 23 aromatic carbocycles. The first-order valence-electron chi connectivity index (χ1n) is 41.4. The second-order valence-corrected chi connectivity index (χ2v) is 32.9. The molecule has 0 atom stereocenters. The van der Waals surface area contributed by atoms with Gasteiger partial charge in [-0.1, -0.05) is 409 Å². The van der Waals surface area contributed by atoms with Crippen LogP contribution < -0.4 is 5.46 Å². The van der Waals surface area contributed by atoms with Gasteiger partial charge in [0.1, 0.15) is 0 Å². The SMILES string of the molecule is Brc1ccc2c3ccccc3c3c4cc(Br)ccc4c4ccccc4c3c2c1.C.C1CCOC1.O=C1c2ccccc2-c2ccccc21.OB(O)c1ccccc1.[B].[B]=NS.c1ccc(-c2ccc3c4ccccc4c4c5cc(-c6ccccc6)ccc5c5ccccc5c4c3c2)cc1.c1ccc2c(c1)c1ccccc1c1c3ccccc3c3ccccc3c21. The Balaban J connectivity index is 0.000000114. The van der Waals surface area contributed by atoms with Gasteiger partial charge >= 0.3 is 31.9 Å². The van der Waals surface area contributed by atoms with E-state index in [0.717, 1.165) is 44.4 Å². The Kier molecular flexibility index (Phi) is 25.2. The van der Waals surface area contributed by atoms with Crippen molar-refractivity contribution in [2.75, 3.05) is 13.2 Å². The summed E-state index contributed by atoms with van der Waals surface area (Å²) in [6, 6.07) is 144. The van der Waals surface area contributed by atoms with Gasteiger partial charge in [0.2, 0.25) is 0 Å². The average molecular weight is 1750 g/mol. The number of fused-ring (bicyclic) bond motifs is 36. The molecule has 1 heterocycles. The molecule has 4 radical (unpaired) electrons. The van der Waals surface area contributed by atoms with Crippen LogP contribution in [0.15, 0.2) is 420 Å². The number of hydrogen-bond donors (Lipinski definition) is 3. The zero-order valence-electron chi connectivity index (χ0n) is 67.6. The Morgan fingerprint density at radius 1 is 0.264 bits per heavy atom. The molecule has 125 heavy (non-hydrogen) atoms. The van der Waals surface area contributed by atoms with Crippen LogP contribution in [0.2, 0.25) is 0 Å². The Morgan fingerprint density at radius 2 is 0.472 bits per heavy atom. The molecule has 1 saturated heterocycles. The van der Waals surface area contributed by atoms with Crippen molar-refractivity contribution < 1.29 is 19.6 Å². The van der Waals surface area contributed by atoms with Gasteiger partial charge in [0, 0.05) is 41.7 Å². The fraction of sp³-hybridized carbons (Fsp3) is 0.0439. The van der Waals surface area contributed by atoms with Crippen LogP contribution in [0.5, 0.6) is 0 Å². The number of carbonyl (C=O) groups excluding carboxylic acids is 1. The third-order valence-corrected chi connectivity index (χ3v) is 24.9. The first-order chi connectivity index (χ1) is 60.6. The number of halogens is 2. The number of hydrogen-bond acceptors (Lipinski definition) is 6. The molecular formula is C114H82B3Br2NO4S. The molecule has 25 rings (SSSR count). The molecule has 2 aliphatic rings. The van der Waals surface area contributed by atoms with Gasteiger partial charge in [-0.2, -0.15) is 0 Å². The number of thiol groups is 1. The fourth-order valence-electron chi connectivity index (χ4n) is 18.6. The van der Waals surface area contributed by atoms with Crippen molar-refractivity contribution in [3.05, 3.63) is 427 Å². The molecule has 0 amide bonds. The number of ether oxygens (including phenoxy) is 1. The summed E-state index contributed by atoms with van der Waals surface area (Å²) in [5, 5.41) is 56.7. The van der Waals surface area contributed by atoms with Crippen molar-refractivity contribution in [3.8, 4) is 33.4 Å². The van der Waals surface area contributed by atoms with Crippen LogP contribution in [0, 0.1) is 0 Å². The molecule has 1 aliphatic heterocycles. The second-order valence-electron chi connectivity index (χ2n) is 30.9. The molecule has 1 fully saturated rings. The van der Waals surface area contributed by atoms with Gasteiger partial charge in [-0.3, -0.25) is 4.79 Å². The second kappa shape index (κ2) is 37.5. The predicted octanol–water partition coefficient (Wildman–Crippen LogP) is 30.7. The van der Waals surface area contributed by atoms with Crippen molar-refractivity contribution >= 4 is 241 Å². The summed E-state index contributed by atoms with van der Waals surface area (Å²) in [5.74, 6) is 0.149. The van der Waals surface area contributed by atoms with E-state index in [2.05, 4.69) is 384 Å². The van der Waals surface area contributed by atoms with E-state index in [1.807, 2.05) is 54.6 Å². The average Bonchev–Trinajstić information content (AvgIpc) is 1.12. The Labute approximate surface area is 751 Å². The summed E-state index contributed by atoms with van der Waals surface area (Å²) in [6.45, 7) is 2.00. The van der Waals surface area contributed by atoms with Crippen LogP contribution in [0.1, 0.15) is 36.2 Å². The first-order valence-corrected chi connectivity index (χ1v) is 43.4. The van der Waals surface area contributed by atoms with Crippen molar-refractivity contribution in [2.45, 2.75) is 20.3 Å². The molecule has 0 bridgehead atoms. The van der Waals surface area contributed by atoms with Crippen LogP contribution in [0.25, 0.3) is 195 Å². The van der Waals surface area contributed by atoms with Gasteiger partial charge in [0.25, 0.3) is 0 Å². The van der Waals surface area contributed by atoms with E-state index in [1.54, 1.807) is 24.3 Å². The minimum atomic E-state index is -1.34. The third-order valence-electron chi connectivity index (χ3n) is 23.9. The maximum Gasteiger partial charge on any atom is -0.00137 e. The molecule has 0 unspecified atom stereocenters. The zero-order chi connectivity index (χ0) is 83.4. The topological polar surface area (TPSA) is 79.1 Å². The van der Waals surface area contributed by atoms with Crippen LogP contribution in [-0.4, -0.2) is 52.2 Å². The van der Waals surface area contributed by atoms with E-state index in [-0.39, 0.29) is 21.6 Å². The fourth-order valence-corrected chi connectivity index (χ4v) is 19.3. The quantitative estimate of drug-likeness (QED) is 0.0936. The van der Waals surface area contributed by atoms with Gasteiger partial charge in [0.05, 0.1) is 0 Å². The summed E-state index contributed by atoms with van der Waals surface area (Å²) in [4.78, 5) is 11.9. The molecule has 0 saturated carbocycles. The summed E-state index contributed by atoms with van der Waals surface area (Å²) < 4.78 is 9.85. The van der Waals surface area contributed by atoms with Gasteiger partial charge in [-0.25, -0.2) is 0 Å². The van der Waals surface area contributed by atoms with Crippen LogP contribution in [0.4, 0.5) is 0 Å². The minimum absolute atomic E-state index is 0. The number of nitrogens with zero attached hydrogens (tertiary/aromatic N) is 1. The van der Waals surface area contributed by atoms with Gasteiger partial charge in [-0.05, 0) is 250 Å². The summed E-state index contributed by atoms with van der Waals surface area (Å²) in [6.07, 6.45) is 2.56. The normalized spacial score (nSPS) is 11.8. The van der Waals surface area contributed by atoms with Crippen LogP contribution in [-0.2, 0) is 4.74 Å². The summed E-state index contributed by atoms with van der Waals surface area (Å²) in [5.41, 5.74) is 9.29. The largest absolute Gasteiger partial charge is 0.0622 e.